The van der Waals surface area contributed by atoms with Crippen molar-refractivity contribution in [3.05, 3.63) is 47.2 Å². The fraction of sp³-hybridized carbons (Fsp3) is 0.552. The molecule has 2 aromatic heterocycles. The van der Waals surface area contributed by atoms with E-state index in [0.29, 0.717) is 67.1 Å². The van der Waals surface area contributed by atoms with Crippen LogP contribution in [0, 0.1) is 11.8 Å². The summed E-state index contributed by atoms with van der Waals surface area (Å²) in [6.45, 7) is 4.03. The number of nitrogens with one attached hydrogen (secondary N) is 1. The monoisotopic (exact) mass is 546 g/mol. The third-order valence-corrected chi connectivity index (χ3v) is 8.96. The predicted molar refractivity (Wildman–Crippen MR) is 144 cm³/mol. The number of pyridine rings is 1. The predicted octanol–water partition coefficient (Wildman–Crippen LogP) is 2.65. The molecule has 0 radical (unpaired) electrons. The maximum Gasteiger partial charge on any atom is 0.254 e. The van der Waals surface area contributed by atoms with Crippen LogP contribution >= 0.6 is 0 Å². The quantitative estimate of drug-likeness (QED) is 0.480. The van der Waals surface area contributed by atoms with Crippen LogP contribution in [0.3, 0.4) is 0 Å². The smallest absolute Gasteiger partial charge is 0.254 e. The summed E-state index contributed by atoms with van der Waals surface area (Å²) in [6.07, 6.45) is 4.15. The lowest BCUT2D eigenvalue weighted by atomic mass is 9.95. The van der Waals surface area contributed by atoms with Crippen molar-refractivity contribution >= 4 is 22.8 Å². The van der Waals surface area contributed by atoms with Crippen LogP contribution in [0.2, 0.25) is 0 Å². The summed E-state index contributed by atoms with van der Waals surface area (Å²) >= 11 is 0. The number of benzene rings is 1. The molecule has 2 atom stereocenters. The highest BCUT2D eigenvalue weighted by molar-refractivity contribution is 5.98. The average Bonchev–Trinajstić information content (AvgIpc) is 3.48. The summed E-state index contributed by atoms with van der Waals surface area (Å²) < 4.78 is 17.6. The minimum absolute atomic E-state index is 0.0233. The minimum Gasteiger partial charge on any atom is -0.477 e. The molecule has 7 rings (SSSR count). The molecule has 0 bridgehead atoms. The minimum atomic E-state index is -0.599. The first-order valence-electron chi connectivity index (χ1n) is 14.2. The van der Waals surface area contributed by atoms with Crippen molar-refractivity contribution in [2.24, 2.45) is 11.8 Å². The van der Waals surface area contributed by atoms with Gasteiger partial charge in [-0.2, -0.15) is 15.4 Å². The molecule has 0 unspecified atom stereocenters. The average molecular weight is 547 g/mol. The van der Waals surface area contributed by atoms with Gasteiger partial charge in [-0.15, -0.1) is 0 Å². The number of nitrogens with zero attached hydrogens (tertiary/aromatic N) is 5. The van der Waals surface area contributed by atoms with Gasteiger partial charge >= 0.3 is 0 Å². The van der Waals surface area contributed by atoms with E-state index in [1.54, 1.807) is 31.4 Å². The topological polar surface area (TPSA) is 123 Å². The molecule has 1 saturated carbocycles. The van der Waals surface area contributed by atoms with Crippen LogP contribution in [0.15, 0.2) is 30.3 Å². The standard InChI is InChI=1S/C29H34N6O5/c1-38-29-16-34(27(36)20-4-5-23-25(10-20)32-33-31-23)13-22(29)14-35(17-29)28(37)21-11-24(19-2-3-19)30-26(12-21)40-15-18-6-8-39-9-7-18/h4-5,10-12,18-19,22H,2-3,6-9,13-17H2,1H3,(H,31,32,33)/t22-,29+/m0/s1. The Morgan fingerprint density at radius 2 is 1.70 bits per heavy atom. The highest BCUT2D eigenvalue weighted by Crippen LogP contribution is 2.42. The lowest BCUT2D eigenvalue weighted by Gasteiger charge is -2.28. The van der Waals surface area contributed by atoms with Crippen molar-refractivity contribution in [1.29, 1.82) is 0 Å². The van der Waals surface area contributed by atoms with Gasteiger partial charge in [-0.3, -0.25) is 9.59 Å². The van der Waals surface area contributed by atoms with Gasteiger partial charge in [-0.25, -0.2) is 4.98 Å². The van der Waals surface area contributed by atoms with Crippen molar-refractivity contribution < 1.29 is 23.8 Å². The van der Waals surface area contributed by atoms with Crippen LogP contribution in [-0.4, -0.2) is 101 Å². The van der Waals surface area contributed by atoms with Crippen LogP contribution in [0.5, 0.6) is 5.88 Å². The molecule has 1 N–H and O–H groups in total. The van der Waals surface area contributed by atoms with E-state index in [1.807, 2.05) is 15.9 Å². The van der Waals surface area contributed by atoms with E-state index in [9.17, 15) is 9.59 Å². The van der Waals surface area contributed by atoms with Crippen LogP contribution in [0.25, 0.3) is 11.0 Å². The van der Waals surface area contributed by atoms with Crippen molar-refractivity contribution in [2.45, 2.75) is 37.2 Å². The number of carbonyl (C=O) groups excluding carboxylic acids is 2. The summed E-state index contributed by atoms with van der Waals surface area (Å²) in [5.74, 6) is 1.29. The molecule has 5 heterocycles. The molecule has 4 aliphatic rings. The molecule has 4 fully saturated rings. The first-order chi connectivity index (χ1) is 19.5. The first-order valence-corrected chi connectivity index (χ1v) is 14.2. The van der Waals surface area contributed by atoms with Crippen molar-refractivity contribution in [1.82, 2.24) is 30.2 Å². The van der Waals surface area contributed by atoms with Crippen LogP contribution in [0.4, 0.5) is 0 Å². The Morgan fingerprint density at radius 1 is 0.975 bits per heavy atom. The summed E-state index contributed by atoms with van der Waals surface area (Å²) in [6, 6.07) is 9.05. The van der Waals surface area contributed by atoms with Crippen LogP contribution in [-0.2, 0) is 9.47 Å². The second kappa shape index (κ2) is 10.1. The van der Waals surface area contributed by atoms with E-state index in [0.717, 1.165) is 50.1 Å². The Hall–Kier alpha value is -3.57. The van der Waals surface area contributed by atoms with Crippen LogP contribution in [0.1, 0.15) is 58.0 Å². The molecule has 210 valence electrons. The number of hydrogen-bond acceptors (Lipinski definition) is 8. The highest BCUT2D eigenvalue weighted by Gasteiger charge is 2.55. The number of aromatic amines is 1. The largest absolute Gasteiger partial charge is 0.477 e. The molecule has 3 aliphatic heterocycles. The van der Waals surface area contributed by atoms with Gasteiger partial charge in [0.15, 0.2) is 0 Å². The number of aromatic nitrogens is 4. The molecule has 3 aromatic rings. The summed E-state index contributed by atoms with van der Waals surface area (Å²) in [5.41, 5.74) is 2.89. The number of likely N-dealkylation sites (tertiary alicyclic amines) is 2. The number of fused-ring (bicyclic) bond motifs is 2. The fourth-order valence-corrected chi connectivity index (χ4v) is 6.38. The zero-order valence-corrected chi connectivity index (χ0v) is 22.7. The van der Waals surface area contributed by atoms with E-state index >= 15 is 0 Å². The van der Waals surface area contributed by atoms with Crippen LogP contribution < -0.4 is 4.74 Å². The third kappa shape index (κ3) is 4.71. The van der Waals surface area contributed by atoms with Gasteiger partial charge in [0.1, 0.15) is 16.6 Å². The lowest BCUT2D eigenvalue weighted by Crippen LogP contribution is -2.44. The van der Waals surface area contributed by atoms with E-state index < -0.39 is 5.60 Å². The summed E-state index contributed by atoms with van der Waals surface area (Å²) in [4.78, 5) is 35.6. The Balaban J connectivity index is 1.05. The summed E-state index contributed by atoms with van der Waals surface area (Å²) in [7, 11) is 1.68. The van der Waals surface area contributed by atoms with Gasteiger partial charge in [-0.05, 0) is 55.9 Å². The molecule has 3 saturated heterocycles. The lowest BCUT2D eigenvalue weighted by molar-refractivity contribution is -0.0111. The van der Waals surface area contributed by atoms with Crippen molar-refractivity contribution in [3.63, 3.8) is 0 Å². The second-order valence-electron chi connectivity index (χ2n) is 11.6. The zero-order chi connectivity index (χ0) is 27.3. The number of amides is 2. The fourth-order valence-electron chi connectivity index (χ4n) is 6.38. The Morgan fingerprint density at radius 3 is 2.40 bits per heavy atom. The van der Waals surface area contributed by atoms with Gasteiger partial charge in [0.05, 0.1) is 19.7 Å². The van der Waals surface area contributed by atoms with E-state index in [-0.39, 0.29) is 17.7 Å². The maximum absolute atomic E-state index is 13.8. The molecule has 1 aliphatic carbocycles. The number of rotatable bonds is 7. The molecule has 2 amide bonds. The van der Waals surface area contributed by atoms with Gasteiger partial charge < -0.3 is 24.0 Å². The first kappa shape index (κ1) is 25.4. The third-order valence-electron chi connectivity index (χ3n) is 8.96. The second-order valence-corrected chi connectivity index (χ2v) is 11.6. The van der Waals surface area contributed by atoms with E-state index in [4.69, 9.17) is 19.2 Å². The molecule has 1 aromatic carbocycles. The Kier molecular flexibility index (Phi) is 6.42. The number of ether oxygens (including phenoxy) is 3. The highest BCUT2D eigenvalue weighted by atomic mass is 16.5. The molecule has 11 nitrogen and oxygen atoms in total. The molecular weight excluding hydrogens is 512 g/mol. The normalized spacial score (nSPS) is 25.0. The Bertz CT molecular complexity index is 1430. The van der Waals surface area contributed by atoms with Crippen molar-refractivity contribution in [3.8, 4) is 5.88 Å². The SMILES string of the molecule is CO[C@]12CN(C(=O)c3cc(OCC4CCOCC4)nc(C4CC4)c3)C[C@@H]1CN(C(=O)c1ccc3n[nH]nc3c1)C2. The van der Waals surface area contributed by atoms with Gasteiger partial charge in [-0.1, -0.05) is 0 Å². The molecule has 0 spiro atoms. The van der Waals surface area contributed by atoms with Crippen molar-refractivity contribution in [2.75, 3.05) is 53.1 Å². The molecule has 11 heteroatoms. The molecular formula is C29H34N6O5. The molecule has 40 heavy (non-hydrogen) atoms. The number of carbonyl (C=O) groups is 2. The number of hydrogen-bond donors (Lipinski definition) is 1. The summed E-state index contributed by atoms with van der Waals surface area (Å²) in [5, 5.41) is 10.7. The maximum atomic E-state index is 13.8. The van der Waals surface area contributed by atoms with Gasteiger partial charge in [0.25, 0.3) is 11.8 Å². The Labute approximate surface area is 232 Å². The van der Waals surface area contributed by atoms with Gasteiger partial charge in [0.2, 0.25) is 5.88 Å². The van der Waals surface area contributed by atoms with E-state index in [1.165, 1.54) is 0 Å². The number of methoxy groups -OCH3 is 1. The zero-order valence-electron chi connectivity index (χ0n) is 22.7. The van der Waals surface area contributed by atoms with E-state index in [2.05, 4.69) is 15.4 Å². The van der Waals surface area contributed by atoms with Gasteiger partial charge in [0, 0.05) is 68.1 Å². The number of H-pyrrole nitrogens is 1.